The summed E-state index contributed by atoms with van der Waals surface area (Å²) in [6.07, 6.45) is 0.289. The van der Waals surface area contributed by atoms with Gasteiger partial charge in [-0.2, -0.15) is 0 Å². The van der Waals surface area contributed by atoms with Gasteiger partial charge in [-0.15, -0.1) is 0 Å². The van der Waals surface area contributed by atoms with E-state index >= 15 is 0 Å². The molecule has 1 heterocycles. The molecule has 2 N–H and O–H groups in total. The third-order valence-electron chi connectivity index (χ3n) is 5.51. The third-order valence-corrected chi connectivity index (χ3v) is 5.51. The number of nitrogens with one attached hydrogen (secondary N) is 2. The summed E-state index contributed by atoms with van der Waals surface area (Å²) in [7, 11) is 0. The number of hydrogen-bond acceptors (Lipinski definition) is 5. The van der Waals surface area contributed by atoms with Crippen LogP contribution in [0.4, 0.5) is 11.4 Å². The van der Waals surface area contributed by atoms with Crippen molar-refractivity contribution in [2.45, 2.75) is 26.8 Å². The molecule has 0 bridgehead atoms. The average Bonchev–Trinajstić information content (AvgIpc) is 2.86. The van der Waals surface area contributed by atoms with Crippen molar-refractivity contribution in [2.24, 2.45) is 0 Å². The van der Waals surface area contributed by atoms with Crippen molar-refractivity contribution in [1.82, 2.24) is 9.55 Å². The predicted octanol–water partition coefficient (Wildman–Crippen LogP) is 4.25. The number of carbonyl (C=O) groups is 3. The number of ketones is 1. The molecule has 4 rings (SSSR count). The first-order chi connectivity index (χ1) is 16.9. The first-order valence-corrected chi connectivity index (χ1v) is 11.2. The van der Waals surface area contributed by atoms with Crippen LogP contribution in [0, 0.1) is 0 Å². The molecule has 0 aliphatic heterocycles. The summed E-state index contributed by atoms with van der Waals surface area (Å²) in [5.41, 5.74) is 2.73. The number of Topliss-reactive ketones (excluding diaryl/α,β-unsaturated/α-hetero) is 1. The van der Waals surface area contributed by atoms with Crippen LogP contribution >= 0.6 is 0 Å². The van der Waals surface area contributed by atoms with Gasteiger partial charge in [0.15, 0.2) is 5.78 Å². The number of rotatable bonds is 7. The van der Waals surface area contributed by atoms with Gasteiger partial charge in [-0.1, -0.05) is 37.3 Å². The Bertz CT molecular complexity index is 1490. The molecule has 35 heavy (non-hydrogen) atoms. The number of benzene rings is 3. The summed E-state index contributed by atoms with van der Waals surface area (Å²) >= 11 is 0. The monoisotopic (exact) mass is 468 g/mol. The van der Waals surface area contributed by atoms with Crippen LogP contribution in [0.25, 0.3) is 22.3 Å². The van der Waals surface area contributed by atoms with Gasteiger partial charge >= 0.3 is 0 Å². The molecule has 8 nitrogen and oxygen atoms in total. The second-order valence-electron chi connectivity index (χ2n) is 7.97. The van der Waals surface area contributed by atoms with Crippen molar-refractivity contribution >= 4 is 40.0 Å². The highest BCUT2D eigenvalue weighted by Crippen LogP contribution is 2.26. The highest BCUT2D eigenvalue weighted by atomic mass is 16.2. The molecule has 176 valence electrons. The zero-order valence-electron chi connectivity index (χ0n) is 19.4. The lowest BCUT2D eigenvalue weighted by Crippen LogP contribution is -2.30. The molecule has 3 aromatic carbocycles. The molecule has 0 fully saturated rings. The Kier molecular flexibility index (Phi) is 6.82. The number of hydrogen-bond donors (Lipinski definition) is 2. The SMILES string of the molecule is CCC(=O)Nc1ccccc1-c1nc2ccccc2n(CC(=O)Nc2ccc(C(C)=O)cc2)c1=O. The molecule has 0 saturated heterocycles. The van der Waals surface area contributed by atoms with Crippen LogP contribution in [0.5, 0.6) is 0 Å². The number of aromatic nitrogens is 2. The Balaban J connectivity index is 1.73. The van der Waals surface area contributed by atoms with Gasteiger partial charge in [0, 0.05) is 23.2 Å². The predicted molar refractivity (Wildman–Crippen MR) is 135 cm³/mol. The normalized spacial score (nSPS) is 10.7. The van der Waals surface area contributed by atoms with Gasteiger partial charge < -0.3 is 10.6 Å². The number of amides is 2. The van der Waals surface area contributed by atoms with E-state index in [2.05, 4.69) is 15.6 Å². The molecule has 8 heteroatoms. The summed E-state index contributed by atoms with van der Waals surface area (Å²) in [5.74, 6) is -0.660. The molecule has 0 aliphatic carbocycles. The van der Waals surface area contributed by atoms with Crippen molar-refractivity contribution in [1.29, 1.82) is 0 Å². The van der Waals surface area contributed by atoms with E-state index in [1.807, 2.05) is 0 Å². The van der Waals surface area contributed by atoms with Gasteiger partial charge in [-0.25, -0.2) is 4.98 Å². The van der Waals surface area contributed by atoms with Crippen molar-refractivity contribution in [3.8, 4) is 11.3 Å². The number of carbonyl (C=O) groups excluding carboxylic acids is 3. The van der Waals surface area contributed by atoms with Crippen molar-refractivity contribution in [2.75, 3.05) is 10.6 Å². The molecule has 0 atom stereocenters. The van der Waals surface area contributed by atoms with E-state index in [1.54, 1.807) is 79.7 Å². The van der Waals surface area contributed by atoms with Gasteiger partial charge in [-0.05, 0) is 49.4 Å². The van der Waals surface area contributed by atoms with E-state index in [4.69, 9.17) is 0 Å². The van der Waals surface area contributed by atoms with Crippen LogP contribution < -0.4 is 16.2 Å². The maximum absolute atomic E-state index is 13.6. The Morgan fingerprint density at radius 1 is 0.857 bits per heavy atom. The minimum atomic E-state index is -0.455. The first kappa shape index (κ1) is 23.6. The molecule has 0 spiro atoms. The Labute approximate surface area is 201 Å². The van der Waals surface area contributed by atoms with Crippen LogP contribution in [-0.2, 0) is 16.1 Å². The highest BCUT2D eigenvalue weighted by Gasteiger charge is 2.18. The summed E-state index contributed by atoms with van der Waals surface area (Å²) in [5, 5.41) is 5.57. The molecule has 1 aromatic heterocycles. The Hall–Kier alpha value is -4.59. The maximum atomic E-state index is 13.6. The number of para-hydroxylation sites is 3. The standard InChI is InChI=1S/C27H24N4O4/c1-3-24(33)29-21-9-5-4-8-20(21)26-27(35)31(23-11-7-6-10-22(23)30-26)16-25(34)28-19-14-12-18(13-15-19)17(2)32/h4-15H,3,16H2,1-2H3,(H,28,34)(H,29,33). The van der Waals surface area contributed by atoms with E-state index in [0.717, 1.165) is 0 Å². The number of anilines is 2. The quantitative estimate of drug-likeness (QED) is 0.394. The Morgan fingerprint density at radius 3 is 2.26 bits per heavy atom. The van der Waals surface area contributed by atoms with Crippen LogP contribution in [0.3, 0.4) is 0 Å². The lowest BCUT2D eigenvalue weighted by molar-refractivity contribution is -0.117. The summed E-state index contributed by atoms with van der Waals surface area (Å²) < 4.78 is 1.37. The molecule has 0 unspecified atom stereocenters. The summed E-state index contributed by atoms with van der Waals surface area (Å²) in [6, 6.07) is 20.5. The summed E-state index contributed by atoms with van der Waals surface area (Å²) in [4.78, 5) is 54.5. The number of nitrogens with zero attached hydrogens (tertiary/aromatic N) is 2. The molecular formula is C27H24N4O4. The largest absolute Gasteiger partial charge is 0.325 e. The van der Waals surface area contributed by atoms with Gasteiger partial charge in [0.1, 0.15) is 12.2 Å². The van der Waals surface area contributed by atoms with Gasteiger partial charge in [-0.3, -0.25) is 23.7 Å². The molecule has 2 amide bonds. The fourth-order valence-corrected chi connectivity index (χ4v) is 3.69. The maximum Gasteiger partial charge on any atom is 0.278 e. The second-order valence-corrected chi connectivity index (χ2v) is 7.97. The minimum absolute atomic E-state index is 0.0689. The molecular weight excluding hydrogens is 444 g/mol. The zero-order valence-corrected chi connectivity index (χ0v) is 19.4. The van der Waals surface area contributed by atoms with Crippen molar-refractivity contribution < 1.29 is 14.4 Å². The fraction of sp³-hybridized carbons (Fsp3) is 0.148. The van der Waals surface area contributed by atoms with Crippen LogP contribution in [0.15, 0.2) is 77.6 Å². The lowest BCUT2D eigenvalue weighted by atomic mass is 10.1. The molecule has 0 aliphatic rings. The molecule has 0 saturated carbocycles. The van der Waals surface area contributed by atoms with Gasteiger partial charge in [0.25, 0.3) is 5.56 Å². The zero-order chi connectivity index (χ0) is 24.9. The van der Waals surface area contributed by atoms with Crippen LogP contribution in [0.1, 0.15) is 30.6 Å². The third kappa shape index (κ3) is 5.16. The fourth-order valence-electron chi connectivity index (χ4n) is 3.69. The van der Waals surface area contributed by atoms with E-state index < -0.39 is 11.5 Å². The number of fused-ring (bicyclic) bond motifs is 1. The Morgan fingerprint density at radius 2 is 1.54 bits per heavy atom. The minimum Gasteiger partial charge on any atom is -0.325 e. The van der Waals surface area contributed by atoms with E-state index in [0.29, 0.717) is 33.5 Å². The second kappa shape index (κ2) is 10.1. The van der Waals surface area contributed by atoms with Crippen LogP contribution in [-0.4, -0.2) is 27.1 Å². The van der Waals surface area contributed by atoms with Crippen molar-refractivity contribution in [3.63, 3.8) is 0 Å². The van der Waals surface area contributed by atoms with E-state index in [-0.39, 0.29) is 30.3 Å². The molecule has 4 aromatic rings. The first-order valence-electron chi connectivity index (χ1n) is 11.2. The average molecular weight is 469 g/mol. The lowest BCUT2D eigenvalue weighted by Gasteiger charge is -2.15. The van der Waals surface area contributed by atoms with Gasteiger partial charge in [0.05, 0.1) is 16.7 Å². The van der Waals surface area contributed by atoms with E-state index in [9.17, 15) is 19.2 Å². The van der Waals surface area contributed by atoms with Gasteiger partial charge in [0.2, 0.25) is 11.8 Å². The van der Waals surface area contributed by atoms with Crippen LogP contribution in [0.2, 0.25) is 0 Å². The highest BCUT2D eigenvalue weighted by molar-refractivity contribution is 5.97. The smallest absolute Gasteiger partial charge is 0.278 e. The summed E-state index contributed by atoms with van der Waals surface area (Å²) in [6.45, 7) is 2.97. The topological polar surface area (TPSA) is 110 Å². The molecule has 0 radical (unpaired) electrons. The van der Waals surface area contributed by atoms with E-state index in [1.165, 1.54) is 11.5 Å². The van der Waals surface area contributed by atoms with Crippen molar-refractivity contribution in [3.05, 3.63) is 88.7 Å².